The molecule has 0 aliphatic carbocycles. The van der Waals surface area contributed by atoms with Crippen molar-refractivity contribution in [1.29, 1.82) is 0 Å². The number of rotatable bonds is 0. The zero-order valence-corrected chi connectivity index (χ0v) is 20.6. The maximum absolute atomic E-state index is 13.5. The lowest BCUT2D eigenvalue weighted by Crippen LogP contribution is -2.55. The molecule has 3 aromatic rings. The van der Waals surface area contributed by atoms with E-state index in [0.29, 0.717) is 19.8 Å². The first-order chi connectivity index (χ1) is 17.6. The van der Waals surface area contributed by atoms with E-state index in [0.717, 1.165) is 52.4 Å². The SMILES string of the molecule is O=C1c2c(O)c(=O)ccn2N2CN1CCCC=CCCOc1cccc3c1C2c1ccccc1SC3. The van der Waals surface area contributed by atoms with Crippen molar-refractivity contribution >= 4 is 17.7 Å². The molecule has 2 bridgehead atoms. The Morgan fingerprint density at radius 3 is 2.78 bits per heavy atom. The van der Waals surface area contributed by atoms with Crippen LogP contribution in [-0.2, 0) is 5.75 Å². The van der Waals surface area contributed by atoms with Crippen LogP contribution in [0.5, 0.6) is 11.5 Å². The summed E-state index contributed by atoms with van der Waals surface area (Å²) in [5.41, 5.74) is 2.76. The van der Waals surface area contributed by atoms with Gasteiger partial charge in [-0.1, -0.05) is 42.5 Å². The first-order valence-electron chi connectivity index (χ1n) is 12.3. The molecule has 3 aliphatic heterocycles. The van der Waals surface area contributed by atoms with E-state index in [9.17, 15) is 14.7 Å². The molecule has 1 aromatic heterocycles. The fourth-order valence-electron chi connectivity index (χ4n) is 5.25. The minimum atomic E-state index is -0.560. The number of fused-ring (bicyclic) bond motifs is 7. The lowest BCUT2D eigenvalue weighted by molar-refractivity contribution is 0.0677. The van der Waals surface area contributed by atoms with E-state index < -0.39 is 11.2 Å². The second-order valence-electron chi connectivity index (χ2n) is 9.18. The van der Waals surface area contributed by atoms with Crippen molar-refractivity contribution in [3.63, 3.8) is 0 Å². The molecule has 0 radical (unpaired) electrons. The van der Waals surface area contributed by atoms with Crippen molar-refractivity contribution in [3.05, 3.63) is 99.5 Å². The average Bonchev–Trinajstić information content (AvgIpc) is 3.06. The molecule has 4 heterocycles. The van der Waals surface area contributed by atoms with Crippen molar-refractivity contribution in [2.45, 2.75) is 36.0 Å². The molecular formula is C28H27N3O4S. The summed E-state index contributed by atoms with van der Waals surface area (Å²) in [5, 5.41) is 12.8. The summed E-state index contributed by atoms with van der Waals surface area (Å²) in [6.07, 6.45) is 8.28. The third-order valence-corrected chi connectivity index (χ3v) is 8.11. The Bertz CT molecular complexity index is 1420. The number of hydrogen-bond donors (Lipinski definition) is 1. The Morgan fingerprint density at radius 2 is 1.86 bits per heavy atom. The lowest BCUT2D eigenvalue weighted by Gasteiger charge is -2.44. The van der Waals surface area contributed by atoms with Gasteiger partial charge in [0.25, 0.3) is 5.91 Å². The van der Waals surface area contributed by atoms with Gasteiger partial charge in [0.2, 0.25) is 5.43 Å². The molecule has 0 spiro atoms. The number of ether oxygens (including phenoxy) is 1. The van der Waals surface area contributed by atoms with Gasteiger partial charge in [0.05, 0.1) is 6.61 Å². The van der Waals surface area contributed by atoms with E-state index in [2.05, 4.69) is 35.4 Å². The van der Waals surface area contributed by atoms with Crippen LogP contribution in [0, 0.1) is 0 Å². The van der Waals surface area contributed by atoms with E-state index in [1.165, 1.54) is 6.07 Å². The maximum Gasteiger partial charge on any atom is 0.277 e. The molecule has 8 heteroatoms. The second-order valence-corrected chi connectivity index (χ2v) is 10.2. The van der Waals surface area contributed by atoms with Gasteiger partial charge in [0.15, 0.2) is 11.4 Å². The van der Waals surface area contributed by atoms with E-state index in [1.807, 2.05) is 24.3 Å². The highest BCUT2D eigenvalue weighted by molar-refractivity contribution is 7.98. The Labute approximate surface area is 213 Å². The largest absolute Gasteiger partial charge is 0.502 e. The normalized spacial score (nSPS) is 19.3. The zero-order chi connectivity index (χ0) is 24.6. The van der Waals surface area contributed by atoms with Crippen LogP contribution in [0.15, 0.2) is 76.6 Å². The fourth-order valence-corrected chi connectivity index (χ4v) is 6.33. The van der Waals surface area contributed by atoms with Crippen molar-refractivity contribution in [2.75, 3.05) is 24.8 Å². The van der Waals surface area contributed by atoms with E-state index in [-0.39, 0.29) is 17.6 Å². The molecular weight excluding hydrogens is 474 g/mol. The third-order valence-electron chi connectivity index (χ3n) is 6.97. The summed E-state index contributed by atoms with van der Waals surface area (Å²) in [6.45, 7) is 1.41. The Kier molecular flexibility index (Phi) is 5.97. The van der Waals surface area contributed by atoms with Crippen LogP contribution in [0.2, 0.25) is 0 Å². The number of carbonyl (C=O) groups is 1. The number of allylic oxidation sites excluding steroid dienone is 1. The van der Waals surface area contributed by atoms with E-state index in [1.54, 1.807) is 27.5 Å². The molecule has 1 amide bonds. The van der Waals surface area contributed by atoms with Gasteiger partial charge in [-0.2, -0.15) is 0 Å². The predicted octanol–water partition coefficient (Wildman–Crippen LogP) is 4.42. The summed E-state index contributed by atoms with van der Waals surface area (Å²) in [4.78, 5) is 28.8. The highest BCUT2D eigenvalue weighted by Crippen LogP contribution is 2.46. The van der Waals surface area contributed by atoms with Crippen molar-refractivity contribution in [1.82, 2.24) is 9.58 Å². The van der Waals surface area contributed by atoms with Crippen LogP contribution in [0.1, 0.15) is 52.5 Å². The van der Waals surface area contributed by atoms with Gasteiger partial charge in [0.1, 0.15) is 18.5 Å². The summed E-state index contributed by atoms with van der Waals surface area (Å²) < 4.78 is 8.03. The number of hydrogen-bond acceptors (Lipinski definition) is 6. The van der Waals surface area contributed by atoms with Gasteiger partial charge in [-0.15, -0.1) is 11.8 Å². The molecule has 0 saturated heterocycles. The number of benzene rings is 2. The van der Waals surface area contributed by atoms with Gasteiger partial charge in [-0.25, -0.2) is 0 Å². The highest BCUT2D eigenvalue weighted by atomic mass is 32.2. The quantitative estimate of drug-likeness (QED) is 0.460. The second kappa shape index (κ2) is 9.43. The molecule has 36 heavy (non-hydrogen) atoms. The smallest absolute Gasteiger partial charge is 0.277 e. The molecule has 1 N–H and O–H groups in total. The van der Waals surface area contributed by atoms with Crippen LogP contribution in [0.4, 0.5) is 0 Å². The summed E-state index contributed by atoms with van der Waals surface area (Å²) >= 11 is 1.78. The molecule has 3 aliphatic rings. The molecule has 7 nitrogen and oxygen atoms in total. The molecule has 1 atom stereocenters. The third kappa shape index (κ3) is 3.86. The number of aromatic nitrogens is 1. The number of amides is 1. The number of aromatic hydroxyl groups is 1. The maximum atomic E-state index is 13.5. The molecule has 184 valence electrons. The van der Waals surface area contributed by atoms with Gasteiger partial charge in [0, 0.05) is 35.0 Å². The first kappa shape index (κ1) is 22.8. The Balaban J connectivity index is 1.63. The van der Waals surface area contributed by atoms with Crippen molar-refractivity contribution in [2.24, 2.45) is 0 Å². The molecule has 6 rings (SSSR count). The van der Waals surface area contributed by atoms with E-state index >= 15 is 0 Å². The number of nitrogens with zero attached hydrogens (tertiary/aromatic N) is 3. The highest BCUT2D eigenvalue weighted by Gasteiger charge is 2.39. The monoisotopic (exact) mass is 501 g/mol. The van der Waals surface area contributed by atoms with Gasteiger partial charge in [-0.05, 0) is 42.5 Å². The minimum Gasteiger partial charge on any atom is -0.502 e. The van der Waals surface area contributed by atoms with Crippen LogP contribution in [0.3, 0.4) is 0 Å². The summed E-state index contributed by atoms with van der Waals surface area (Å²) in [6, 6.07) is 15.5. The first-order valence-corrected chi connectivity index (χ1v) is 13.2. The van der Waals surface area contributed by atoms with Crippen LogP contribution in [0.25, 0.3) is 0 Å². The summed E-state index contributed by atoms with van der Waals surface area (Å²) in [5.74, 6) is 0.756. The van der Waals surface area contributed by atoms with Crippen molar-refractivity contribution < 1.29 is 14.6 Å². The van der Waals surface area contributed by atoms with Gasteiger partial charge >= 0.3 is 0 Å². The lowest BCUT2D eigenvalue weighted by atomic mass is 9.93. The standard InChI is InChI=1S/C28H27N3O4S/c32-21-13-15-30-26(27(21)33)28(34)29-14-6-2-1-3-7-16-35-22-11-8-9-19-17-36-23-12-5-4-10-20(23)25(24(19)22)31(30)18-29/h1,3-5,8-13,15,25,33H,2,6-7,14,16-18H2. The van der Waals surface area contributed by atoms with Crippen LogP contribution >= 0.6 is 11.8 Å². The van der Waals surface area contributed by atoms with Gasteiger partial charge in [-0.3, -0.25) is 19.3 Å². The Hall–Kier alpha value is -3.65. The van der Waals surface area contributed by atoms with E-state index in [4.69, 9.17) is 4.74 Å². The van der Waals surface area contributed by atoms with Crippen molar-refractivity contribution in [3.8, 4) is 11.5 Å². The van der Waals surface area contributed by atoms with Crippen LogP contribution in [-0.4, -0.2) is 40.4 Å². The Morgan fingerprint density at radius 1 is 1.00 bits per heavy atom. The van der Waals surface area contributed by atoms with Crippen LogP contribution < -0.4 is 15.2 Å². The molecule has 0 saturated carbocycles. The molecule has 2 aromatic carbocycles. The van der Waals surface area contributed by atoms with Gasteiger partial charge < -0.3 is 14.7 Å². The minimum absolute atomic E-state index is 0.00529. The number of thioether (sulfide) groups is 1. The molecule has 1 unspecified atom stereocenters. The zero-order valence-electron chi connectivity index (χ0n) is 19.8. The summed E-state index contributed by atoms with van der Waals surface area (Å²) in [7, 11) is 0. The topological polar surface area (TPSA) is 75.0 Å². The number of carbonyl (C=O) groups excluding carboxylic acids is 1. The average molecular weight is 502 g/mol. The number of pyridine rings is 1. The fraction of sp³-hybridized carbons (Fsp3) is 0.286. The predicted molar refractivity (Wildman–Crippen MR) is 139 cm³/mol. The molecule has 0 fully saturated rings.